The zero-order chi connectivity index (χ0) is 16.8. The van der Waals surface area contributed by atoms with Gasteiger partial charge in [-0.25, -0.2) is 0 Å². The van der Waals surface area contributed by atoms with E-state index in [1.54, 1.807) is 12.1 Å². The van der Waals surface area contributed by atoms with Gasteiger partial charge in [0.05, 0.1) is 6.42 Å². The van der Waals surface area contributed by atoms with Crippen LogP contribution < -0.4 is 10.2 Å². The molecule has 0 saturated carbocycles. The number of hydrogen-bond donors (Lipinski definition) is 1. The van der Waals surface area contributed by atoms with Gasteiger partial charge < -0.3 is 10.2 Å². The predicted molar refractivity (Wildman–Crippen MR) is 98.4 cm³/mol. The maximum atomic E-state index is 12.1. The number of amides is 1. The van der Waals surface area contributed by atoms with Crippen molar-refractivity contribution in [2.24, 2.45) is 0 Å². The van der Waals surface area contributed by atoms with E-state index in [2.05, 4.69) is 31.0 Å². The Morgan fingerprint density at radius 3 is 2.22 bits per heavy atom. The molecule has 0 heterocycles. The number of benzene rings is 2. The van der Waals surface area contributed by atoms with E-state index in [1.807, 2.05) is 36.4 Å². The lowest BCUT2D eigenvalue weighted by atomic mass is 10.1. The Morgan fingerprint density at radius 2 is 1.70 bits per heavy atom. The van der Waals surface area contributed by atoms with Crippen molar-refractivity contribution in [2.75, 3.05) is 16.8 Å². The second-order valence-corrected chi connectivity index (χ2v) is 6.21. The van der Waals surface area contributed by atoms with Crippen LogP contribution in [-0.2, 0) is 11.2 Å². The normalized spacial score (nSPS) is 10.7. The van der Waals surface area contributed by atoms with E-state index < -0.39 is 0 Å². The van der Waals surface area contributed by atoms with E-state index in [-0.39, 0.29) is 5.91 Å². The quantitative estimate of drug-likeness (QED) is 0.828. The molecule has 4 heteroatoms. The van der Waals surface area contributed by atoms with Crippen LogP contribution in [0.25, 0.3) is 0 Å². The molecule has 0 aromatic heterocycles. The number of hydrogen-bond acceptors (Lipinski definition) is 2. The van der Waals surface area contributed by atoms with Crippen LogP contribution in [0.4, 0.5) is 11.4 Å². The molecule has 1 amide bonds. The SMILES string of the molecule is CCN(c1ccc(NC(=O)Cc2ccc(Cl)cc2)cc1)C(C)C. The summed E-state index contributed by atoms with van der Waals surface area (Å²) in [5.74, 6) is -0.0312. The summed E-state index contributed by atoms with van der Waals surface area (Å²) in [5, 5.41) is 3.60. The molecule has 0 saturated heterocycles. The Hall–Kier alpha value is -2.00. The molecule has 122 valence electrons. The smallest absolute Gasteiger partial charge is 0.228 e. The molecule has 0 atom stereocenters. The Balaban J connectivity index is 1.97. The van der Waals surface area contributed by atoms with Crippen LogP contribution in [-0.4, -0.2) is 18.5 Å². The minimum absolute atomic E-state index is 0.0312. The maximum absolute atomic E-state index is 12.1. The van der Waals surface area contributed by atoms with Gasteiger partial charge in [0, 0.05) is 29.0 Å². The second-order valence-electron chi connectivity index (χ2n) is 5.78. The molecule has 0 bridgehead atoms. The van der Waals surface area contributed by atoms with E-state index >= 15 is 0 Å². The zero-order valence-corrected chi connectivity index (χ0v) is 14.6. The summed E-state index contributed by atoms with van der Waals surface area (Å²) in [6, 6.07) is 15.8. The number of carbonyl (C=O) groups is 1. The predicted octanol–water partition coefficient (Wildman–Crippen LogP) is 4.76. The topological polar surface area (TPSA) is 32.3 Å². The average molecular weight is 331 g/mol. The molecule has 3 nitrogen and oxygen atoms in total. The Morgan fingerprint density at radius 1 is 1.09 bits per heavy atom. The number of carbonyl (C=O) groups excluding carboxylic acids is 1. The first kappa shape index (κ1) is 17.4. The number of nitrogens with one attached hydrogen (secondary N) is 1. The lowest BCUT2D eigenvalue weighted by Gasteiger charge is -2.27. The van der Waals surface area contributed by atoms with E-state index in [9.17, 15) is 4.79 Å². The van der Waals surface area contributed by atoms with Gasteiger partial charge in [-0.3, -0.25) is 4.79 Å². The Kier molecular flexibility index (Phi) is 6.05. The van der Waals surface area contributed by atoms with Crippen LogP contribution in [0.15, 0.2) is 48.5 Å². The average Bonchev–Trinajstić information content (AvgIpc) is 2.51. The first-order valence-electron chi connectivity index (χ1n) is 7.90. The lowest BCUT2D eigenvalue weighted by molar-refractivity contribution is -0.115. The highest BCUT2D eigenvalue weighted by atomic mass is 35.5. The molecule has 0 aliphatic carbocycles. The van der Waals surface area contributed by atoms with Gasteiger partial charge in [-0.2, -0.15) is 0 Å². The first-order valence-corrected chi connectivity index (χ1v) is 8.28. The van der Waals surface area contributed by atoms with Crippen molar-refractivity contribution in [3.63, 3.8) is 0 Å². The van der Waals surface area contributed by atoms with E-state index in [0.717, 1.165) is 17.8 Å². The van der Waals surface area contributed by atoms with Crippen LogP contribution in [0.2, 0.25) is 5.02 Å². The maximum Gasteiger partial charge on any atom is 0.228 e. The highest BCUT2D eigenvalue weighted by Crippen LogP contribution is 2.20. The summed E-state index contributed by atoms with van der Waals surface area (Å²) < 4.78 is 0. The molecule has 0 fully saturated rings. The fourth-order valence-electron chi connectivity index (χ4n) is 2.57. The van der Waals surface area contributed by atoms with Crippen molar-refractivity contribution in [3.05, 3.63) is 59.1 Å². The van der Waals surface area contributed by atoms with Crippen molar-refractivity contribution in [3.8, 4) is 0 Å². The summed E-state index contributed by atoms with van der Waals surface area (Å²) in [6.45, 7) is 7.44. The second kappa shape index (κ2) is 8.02. The Labute approximate surface area is 143 Å². The third kappa shape index (κ3) is 5.00. The van der Waals surface area contributed by atoms with Crippen molar-refractivity contribution in [2.45, 2.75) is 33.2 Å². The van der Waals surface area contributed by atoms with Crippen molar-refractivity contribution >= 4 is 28.9 Å². The summed E-state index contributed by atoms with van der Waals surface area (Å²) in [5.41, 5.74) is 2.92. The van der Waals surface area contributed by atoms with Gasteiger partial charge in [-0.15, -0.1) is 0 Å². The number of rotatable bonds is 6. The first-order chi connectivity index (χ1) is 11.0. The van der Waals surface area contributed by atoms with E-state index in [4.69, 9.17) is 11.6 Å². The van der Waals surface area contributed by atoms with Crippen LogP contribution >= 0.6 is 11.6 Å². The number of anilines is 2. The van der Waals surface area contributed by atoms with Crippen LogP contribution in [0.5, 0.6) is 0 Å². The number of halogens is 1. The van der Waals surface area contributed by atoms with Gasteiger partial charge in [-0.1, -0.05) is 23.7 Å². The molecule has 1 N–H and O–H groups in total. The number of nitrogens with zero attached hydrogens (tertiary/aromatic N) is 1. The van der Waals surface area contributed by atoms with Crippen molar-refractivity contribution in [1.82, 2.24) is 0 Å². The minimum atomic E-state index is -0.0312. The van der Waals surface area contributed by atoms with Gasteiger partial charge in [0.25, 0.3) is 0 Å². The fourth-order valence-corrected chi connectivity index (χ4v) is 2.70. The van der Waals surface area contributed by atoms with Crippen molar-refractivity contribution < 1.29 is 4.79 Å². The molecule has 2 aromatic carbocycles. The fraction of sp³-hybridized carbons (Fsp3) is 0.316. The molecular formula is C19H23ClN2O. The molecule has 23 heavy (non-hydrogen) atoms. The highest BCUT2D eigenvalue weighted by molar-refractivity contribution is 6.30. The molecule has 0 spiro atoms. The third-order valence-electron chi connectivity index (χ3n) is 3.72. The summed E-state index contributed by atoms with van der Waals surface area (Å²) >= 11 is 5.85. The van der Waals surface area contributed by atoms with E-state index in [1.165, 1.54) is 5.69 Å². The molecule has 0 aliphatic rings. The van der Waals surface area contributed by atoms with Gasteiger partial charge in [0.2, 0.25) is 5.91 Å². The summed E-state index contributed by atoms with van der Waals surface area (Å²) in [6.07, 6.45) is 0.339. The largest absolute Gasteiger partial charge is 0.369 e. The molecule has 0 unspecified atom stereocenters. The summed E-state index contributed by atoms with van der Waals surface area (Å²) in [4.78, 5) is 14.4. The monoisotopic (exact) mass is 330 g/mol. The molecule has 2 rings (SSSR count). The standard InChI is InChI=1S/C19H23ClN2O/c1-4-22(14(2)3)18-11-9-17(10-12-18)21-19(23)13-15-5-7-16(20)8-6-15/h5-12,14H,4,13H2,1-3H3,(H,21,23). The zero-order valence-electron chi connectivity index (χ0n) is 13.8. The summed E-state index contributed by atoms with van der Waals surface area (Å²) in [7, 11) is 0. The molecule has 0 radical (unpaired) electrons. The minimum Gasteiger partial charge on any atom is -0.369 e. The molecular weight excluding hydrogens is 308 g/mol. The van der Waals surface area contributed by atoms with Crippen LogP contribution in [0.3, 0.4) is 0 Å². The van der Waals surface area contributed by atoms with Gasteiger partial charge in [0.1, 0.15) is 0 Å². The van der Waals surface area contributed by atoms with Crippen molar-refractivity contribution in [1.29, 1.82) is 0 Å². The lowest BCUT2D eigenvalue weighted by Crippen LogP contribution is -2.30. The highest BCUT2D eigenvalue weighted by Gasteiger charge is 2.09. The van der Waals surface area contributed by atoms with Crippen LogP contribution in [0.1, 0.15) is 26.3 Å². The van der Waals surface area contributed by atoms with Gasteiger partial charge in [0.15, 0.2) is 0 Å². The molecule has 2 aromatic rings. The Bertz CT molecular complexity index is 635. The molecule has 0 aliphatic heterocycles. The van der Waals surface area contributed by atoms with Gasteiger partial charge in [-0.05, 0) is 62.7 Å². The van der Waals surface area contributed by atoms with E-state index in [0.29, 0.717) is 17.5 Å². The third-order valence-corrected chi connectivity index (χ3v) is 3.98. The van der Waals surface area contributed by atoms with Gasteiger partial charge >= 0.3 is 0 Å². The van der Waals surface area contributed by atoms with Crippen LogP contribution in [0, 0.1) is 0 Å².